The second-order valence-electron chi connectivity index (χ2n) is 6.92. The third kappa shape index (κ3) is 2.98. The van der Waals surface area contributed by atoms with Gasteiger partial charge < -0.3 is 4.90 Å². The highest BCUT2D eigenvalue weighted by molar-refractivity contribution is 6.29. The van der Waals surface area contributed by atoms with Crippen LogP contribution in [0.3, 0.4) is 0 Å². The first-order valence-electron chi connectivity index (χ1n) is 9.17. The van der Waals surface area contributed by atoms with Gasteiger partial charge in [-0.3, -0.25) is 4.98 Å². The van der Waals surface area contributed by atoms with E-state index >= 15 is 0 Å². The lowest BCUT2D eigenvalue weighted by Crippen LogP contribution is -2.13. The first-order chi connectivity index (χ1) is 14.1. The summed E-state index contributed by atoms with van der Waals surface area (Å²) in [5.74, 6) is 1.26. The highest BCUT2D eigenvalue weighted by Gasteiger charge is 2.16. The quantitative estimate of drug-likeness (QED) is 0.423. The van der Waals surface area contributed by atoms with Crippen LogP contribution < -0.4 is 4.90 Å². The summed E-state index contributed by atoms with van der Waals surface area (Å²) < 4.78 is 1.75. The number of rotatable bonds is 3. The maximum Gasteiger partial charge on any atom is 0.258 e. The van der Waals surface area contributed by atoms with Gasteiger partial charge in [-0.05, 0) is 60.0 Å². The van der Waals surface area contributed by atoms with Gasteiger partial charge in [-0.2, -0.15) is 4.98 Å². The topological polar surface area (TPSA) is 59.2 Å². The highest BCUT2D eigenvalue weighted by Crippen LogP contribution is 2.33. The molecule has 0 fully saturated rings. The van der Waals surface area contributed by atoms with Crippen molar-refractivity contribution in [3.8, 4) is 11.1 Å². The molecular formula is C22H17ClN6. The minimum Gasteiger partial charge on any atom is -0.329 e. The van der Waals surface area contributed by atoms with Crippen molar-refractivity contribution in [1.82, 2.24) is 24.6 Å². The Morgan fingerprint density at radius 1 is 0.931 bits per heavy atom. The monoisotopic (exact) mass is 400 g/mol. The number of anilines is 2. The predicted octanol–water partition coefficient (Wildman–Crippen LogP) is 5.07. The van der Waals surface area contributed by atoms with Crippen molar-refractivity contribution in [2.24, 2.45) is 0 Å². The molecule has 142 valence electrons. The summed E-state index contributed by atoms with van der Waals surface area (Å²) in [5, 5.41) is 9.35. The lowest BCUT2D eigenvalue weighted by molar-refractivity contribution is 1.08. The molecule has 3 aromatic heterocycles. The van der Waals surface area contributed by atoms with Gasteiger partial charge in [0.15, 0.2) is 0 Å². The number of halogens is 1. The second kappa shape index (κ2) is 6.83. The van der Waals surface area contributed by atoms with Gasteiger partial charge >= 0.3 is 0 Å². The van der Waals surface area contributed by atoms with Crippen molar-refractivity contribution in [2.45, 2.75) is 6.92 Å². The number of benzene rings is 2. The maximum atomic E-state index is 6.23. The first kappa shape index (κ1) is 17.6. The van der Waals surface area contributed by atoms with Crippen LogP contribution in [0.1, 0.15) is 5.56 Å². The summed E-state index contributed by atoms with van der Waals surface area (Å²) in [4.78, 5) is 11.1. The number of hydrogen-bond donors (Lipinski definition) is 0. The van der Waals surface area contributed by atoms with Crippen molar-refractivity contribution in [1.29, 1.82) is 0 Å². The lowest BCUT2D eigenvalue weighted by Gasteiger charge is -2.21. The molecule has 0 unspecified atom stereocenters. The van der Waals surface area contributed by atoms with Crippen LogP contribution in [-0.4, -0.2) is 31.6 Å². The zero-order valence-corrected chi connectivity index (χ0v) is 16.7. The van der Waals surface area contributed by atoms with Crippen LogP contribution in [0.25, 0.3) is 27.8 Å². The number of fused-ring (bicyclic) bond motifs is 3. The summed E-state index contributed by atoms with van der Waals surface area (Å²) in [6.07, 6.45) is 3.73. The second-order valence-corrected chi connectivity index (χ2v) is 7.26. The van der Waals surface area contributed by atoms with Gasteiger partial charge in [0.1, 0.15) is 5.82 Å². The van der Waals surface area contributed by atoms with Crippen molar-refractivity contribution >= 4 is 39.8 Å². The lowest BCUT2D eigenvalue weighted by atomic mass is 10.1. The van der Waals surface area contributed by atoms with Gasteiger partial charge in [0, 0.05) is 36.1 Å². The molecule has 0 aliphatic rings. The summed E-state index contributed by atoms with van der Waals surface area (Å²) in [6, 6.07) is 18.4. The van der Waals surface area contributed by atoms with Gasteiger partial charge in [0.25, 0.3) is 5.78 Å². The molecule has 5 rings (SSSR count). The van der Waals surface area contributed by atoms with E-state index in [-0.39, 0.29) is 0 Å². The molecule has 3 heterocycles. The molecule has 0 amide bonds. The van der Waals surface area contributed by atoms with Crippen LogP contribution in [0, 0.1) is 6.92 Å². The Balaban J connectivity index is 1.67. The van der Waals surface area contributed by atoms with E-state index < -0.39 is 0 Å². The van der Waals surface area contributed by atoms with Crippen molar-refractivity contribution in [2.75, 3.05) is 11.9 Å². The van der Waals surface area contributed by atoms with Crippen LogP contribution >= 0.6 is 11.6 Å². The normalized spacial score (nSPS) is 11.3. The zero-order valence-electron chi connectivity index (χ0n) is 15.9. The third-order valence-electron chi connectivity index (χ3n) is 4.96. The Morgan fingerprint density at radius 3 is 2.66 bits per heavy atom. The molecule has 0 radical (unpaired) electrons. The SMILES string of the molecule is Cc1cncc(-c2cccc(N(C)c3nc4nnc(Cl)n4c4ccccc34)c2)c1. The van der Waals surface area contributed by atoms with Gasteiger partial charge in [-0.15, -0.1) is 10.2 Å². The van der Waals surface area contributed by atoms with Gasteiger partial charge in [-0.1, -0.05) is 24.3 Å². The molecule has 7 heteroatoms. The van der Waals surface area contributed by atoms with Gasteiger partial charge in [-0.25, -0.2) is 4.40 Å². The Hall–Kier alpha value is -3.51. The molecule has 0 saturated carbocycles. The Labute approximate surface area is 172 Å². The van der Waals surface area contributed by atoms with E-state index in [1.165, 1.54) is 0 Å². The molecule has 0 bridgehead atoms. The summed E-state index contributed by atoms with van der Waals surface area (Å²) in [7, 11) is 2.00. The van der Waals surface area contributed by atoms with Gasteiger partial charge in [0.2, 0.25) is 5.28 Å². The molecule has 0 saturated heterocycles. The van der Waals surface area contributed by atoms with E-state index in [1.54, 1.807) is 4.40 Å². The molecule has 0 spiro atoms. The van der Waals surface area contributed by atoms with Crippen LogP contribution in [0.15, 0.2) is 67.0 Å². The smallest absolute Gasteiger partial charge is 0.258 e. The average molecular weight is 401 g/mol. The fourth-order valence-corrected chi connectivity index (χ4v) is 3.74. The first-order valence-corrected chi connectivity index (χ1v) is 9.55. The zero-order chi connectivity index (χ0) is 20.0. The molecule has 29 heavy (non-hydrogen) atoms. The molecule has 0 aliphatic carbocycles. The standard InChI is InChI=1S/C22H17ClN6/c1-14-10-16(13-24-12-14)15-6-5-7-17(11-15)28(2)20-18-8-3-4-9-19(18)29-21(23)26-27-22(29)25-20/h3-13H,1-2H3. The van der Waals surface area contributed by atoms with Crippen LogP contribution in [0.4, 0.5) is 11.5 Å². The van der Waals surface area contributed by atoms with E-state index in [2.05, 4.69) is 44.3 Å². The van der Waals surface area contributed by atoms with Crippen molar-refractivity contribution in [3.05, 3.63) is 77.8 Å². The van der Waals surface area contributed by atoms with Crippen molar-refractivity contribution < 1.29 is 0 Å². The van der Waals surface area contributed by atoms with E-state index in [4.69, 9.17) is 16.6 Å². The Kier molecular flexibility index (Phi) is 4.14. The van der Waals surface area contributed by atoms with E-state index in [0.717, 1.165) is 39.1 Å². The molecule has 0 atom stereocenters. The third-order valence-corrected chi connectivity index (χ3v) is 5.20. The summed E-state index contributed by atoms with van der Waals surface area (Å²) >= 11 is 6.23. The van der Waals surface area contributed by atoms with Gasteiger partial charge in [0.05, 0.1) is 5.52 Å². The predicted molar refractivity (Wildman–Crippen MR) is 116 cm³/mol. The van der Waals surface area contributed by atoms with E-state index in [0.29, 0.717) is 11.1 Å². The minimum absolute atomic E-state index is 0.298. The number of aromatic nitrogens is 5. The fraction of sp³-hybridized carbons (Fsp3) is 0.0909. The Bertz CT molecular complexity index is 1360. The highest BCUT2D eigenvalue weighted by atomic mass is 35.5. The van der Waals surface area contributed by atoms with Crippen LogP contribution in [0.5, 0.6) is 0 Å². The summed E-state index contributed by atoms with van der Waals surface area (Å²) in [6.45, 7) is 2.04. The fourth-order valence-electron chi connectivity index (χ4n) is 3.53. The molecule has 2 aromatic carbocycles. The average Bonchev–Trinajstić information content (AvgIpc) is 3.13. The maximum absolute atomic E-state index is 6.23. The largest absolute Gasteiger partial charge is 0.329 e. The van der Waals surface area contributed by atoms with Crippen LogP contribution in [0.2, 0.25) is 5.28 Å². The van der Waals surface area contributed by atoms with Crippen LogP contribution in [-0.2, 0) is 0 Å². The molecule has 6 nitrogen and oxygen atoms in total. The molecule has 0 N–H and O–H groups in total. The number of aryl methyl sites for hydroxylation is 1. The number of hydrogen-bond acceptors (Lipinski definition) is 5. The molecule has 0 aliphatic heterocycles. The van der Waals surface area contributed by atoms with Crippen molar-refractivity contribution in [3.63, 3.8) is 0 Å². The minimum atomic E-state index is 0.298. The van der Waals surface area contributed by atoms with E-state index in [9.17, 15) is 0 Å². The number of pyridine rings is 1. The number of nitrogens with zero attached hydrogens (tertiary/aromatic N) is 6. The van der Waals surface area contributed by atoms with E-state index in [1.807, 2.05) is 56.7 Å². The summed E-state index contributed by atoms with van der Waals surface area (Å²) in [5.41, 5.74) is 5.23. The Morgan fingerprint density at radius 2 is 1.79 bits per heavy atom. The molecule has 5 aromatic rings. The molecular weight excluding hydrogens is 384 g/mol. The number of para-hydroxylation sites is 1.